The molecule has 0 bridgehead atoms. The number of carbonyl (C=O) groups excluding carboxylic acids is 2. The molecule has 0 spiro atoms. The van der Waals surface area contributed by atoms with Crippen LogP contribution in [0.15, 0.2) is 48.5 Å². The number of anilines is 2. The van der Waals surface area contributed by atoms with Crippen molar-refractivity contribution in [3.05, 3.63) is 48.5 Å². The lowest BCUT2D eigenvalue weighted by Gasteiger charge is -2.20. The van der Waals surface area contributed by atoms with E-state index in [-0.39, 0.29) is 25.0 Å². The van der Waals surface area contributed by atoms with E-state index >= 15 is 0 Å². The van der Waals surface area contributed by atoms with E-state index in [0.717, 1.165) is 0 Å². The predicted octanol–water partition coefficient (Wildman–Crippen LogP) is 2.03. The largest absolute Gasteiger partial charge is 0.484 e. The average Bonchev–Trinajstić information content (AvgIpc) is 2.54. The van der Waals surface area contributed by atoms with E-state index in [9.17, 15) is 9.59 Å². The van der Waals surface area contributed by atoms with Crippen molar-refractivity contribution < 1.29 is 19.1 Å². The van der Waals surface area contributed by atoms with E-state index in [1.165, 1.54) is 0 Å². The fourth-order valence-electron chi connectivity index (χ4n) is 2.06. The Labute approximate surface area is 127 Å². The summed E-state index contributed by atoms with van der Waals surface area (Å²) in [5.41, 5.74) is 0.944. The van der Waals surface area contributed by atoms with Crippen LogP contribution in [0.1, 0.15) is 0 Å². The van der Waals surface area contributed by atoms with Crippen molar-refractivity contribution in [1.82, 2.24) is 0 Å². The number of hydrogen-bond acceptors (Lipinski definition) is 4. The third kappa shape index (κ3) is 3.17. The van der Waals surface area contributed by atoms with E-state index in [1.807, 2.05) is 18.2 Å². The predicted molar refractivity (Wildman–Crippen MR) is 81.1 cm³/mol. The number of rotatable bonds is 4. The van der Waals surface area contributed by atoms with Crippen molar-refractivity contribution in [2.45, 2.75) is 0 Å². The highest BCUT2D eigenvalue weighted by atomic mass is 16.5. The summed E-state index contributed by atoms with van der Waals surface area (Å²) in [6.07, 6.45) is 0. The number of hydrogen-bond donors (Lipinski definition) is 2. The molecule has 1 aliphatic heterocycles. The van der Waals surface area contributed by atoms with Crippen molar-refractivity contribution in [3.63, 3.8) is 0 Å². The maximum atomic E-state index is 12.0. The molecule has 2 aromatic carbocycles. The molecule has 0 atom stereocenters. The molecule has 2 N–H and O–H groups in total. The Morgan fingerprint density at radius 1 is 1.18 bits per heavy atom. The zero-order valence-corrected chi connectivity index (χ0v) is 11.7. The number of fused-ring (bicyclic) bond motifs is 1. The maximum Gasteiger partial charge on any atom is 0.262 e. The zero-order valence-electron chi connectivity index (χ0n) is 11.7. The Balaban J connectivity index is 1.66. The minimum absolute atomic E-state index is 0.0263. The first kappa shape index (κ1) is 13.9. The van der Waals surface area contributed by atoms with Crippen LogP contribution in [0.2, 0.25) is 0 Å². The van der Waals surface area contributed by atoms with Crippen LogP contribution in [0.25, 0.3) is 0 Å². The van der Waals surface area contributed by atoms with Crippen LogP contribution in [0.5, 0.6) is 11.5 Å². The van der Waals surface area contributed by atoms with Crippen molar-refractivity contribution >= 4 is 23.2 Å². The number of nitrogens with one attached hydrogen (secondary N) is 2. The van der Waals surface area contributed by atoms with Crippen LogP contribution in [0.3, 0.4) is 0 Å². The molecule has 0 aliphatic carbocycles. The molecule has 0 aromatic heterocycles. The van der Waals surface area contributed by atoms with Gasteiger partial charge in [0.15, 0.2) is 13.2 Å². The second-order valence-electron chi connectivity index (χ2n) is 4.67. The van der Waals surface area contributed by atoms with Gasteiger partial charge in [-0.15, -0.1) is 0 Å². The highest BCUT2D eigenvalue weighted by molar-refractivity contribution is 6.03. The highest BCUT2D eigenvalue weighted by Gasteiger charge is 2.19. The van der Waals surface area contributed by atoms with Crippen LogP contribution >= 0.6 is 0 Å². The maximum absolute atomic E-state index is 12.0. The van der Waals surface area contributed by atoms with Gasteiger partial charge in [-0.25, -0.2) is 0 Å². The Kier molecular flexibility index (Phi) is 3.91. The molecule has 1 heterocycles. The fraction of sp³-hybridized carbons (Fsp3) is 0.125. The van der Waals surface area contributed by atoms with Gasteiger partial charge in [0.1, 0.15) is 17.2 Å². The van der Waals surface area contributed by atoms with Crippen molar-refractivity contribution in [3.8, 4) is 11.5 Å². The molecular formula is C16H14N2O4. The van der Waals surface area contributed by atoms with Crippen LogP contribution in [0, 0.1) is 0 Å². The average molecular weight is 298 g/mol. The Morgan fingerprint density at radius 3 is 2.82 bits per heavy atom. The van der Waals surface area contributed by atoms with E-state index in [1.54, 1.807) is 30.3 Å². The molecule has 6 nitrogen and oxygen atoms in total. The Hall–Kier alpha value is -3.02. The van der Waals surface area contributed by atoms with Gasteiger partial charge in [-0.05, 0) is 24.3 Å². The highest BCUT2D eigenvalue weighted by Crippen LogP contribution is 2.34. The number of para-hydroxylation sites is 2. The first-order valence-corrected chi connectivity index (χ1v) is 6.76. The molecule has 0 saturated heterocycles. The summed E-state index contributed by atoms with van der Waals surface area (Å²) in [6.45, 7) is -0.149. The minimum Gasteiger partial charge on any atom is -0.484 e. The molecular weight excluding hydrogens is 284 g/mol. The Bertz CT molecular complexity index is 701. The molecule has 0 unspecified atom stereocenters. The van der Waals surface area contributed by atoms with Crippen LogP contribution in [0.4, 0.5) is 11.4 Å². The smallest absolute Gasteiger partial charge is 0.262 e. The lowest BCUT2D eigenvalue weighted by molar-refractivity contribution is -0.119. The second kappa shape index (κ2) is 6.17. The molecule has 22 heavy (non-hydrogen) atoms. The van der Waals surface area contributed by atoms with Gasteiger partial charge in [0.2, 0.25) is 0 Å². The normalized spacial score (nSPS) is 12.6. The summed E-state index contributed by atoms with van der Waals surface area (Å²) >= 11 is 0. The summed E-state index contributed by atoms with van der Waals surface area (Å²) < 4.78 is 10.7. The summed E-state index contributed by atoms with van der Waals surface area (Å²) in [5, 5.41) is 5.39. The zero-order chi connectivity index (χ0) is 15.4. The van der Waals surface area contributed by atoms with Gasteiger partial charge in [0.25, 0.3) is 11.8 Å². The SMILES string of the molecule is O=C(COc1ccccc1)Nc1cccc2c1NC(=O)CO2. The van der Waals surface area contributed by atoms with E-state index < -0.39 is 0 Å². The van der Waals surface area contributed by atoms with Gasteiger partial charge in [-0.2, -0.15) is 0 Å². The van der Waals surface area contributed by atoms with Crippen molar-refractivity contribution in [2.24, 2.45) is 0 Å². The van der Waals surface area contributed by atoms with Gasteiger partial charge >= 0.3 is 0 Å². The second-order valence-corrected chi connectivity index (χ2v) is 4.67. The van der Waals surface area contributed by atoms with Gasteiger partial charge < -0.3 is 20.1 Å². The number of benzene rings is 2. The summed E-state index contributed by atoms with van der Waals surface area (Å²) in [4.78, 5) is 23.4. The number of ether oxygens (including phenoxy) is 2. The van der Waals surface area contributed by atoms with Gasteiger partial charge in [0, 0.05) is 0 Å². The molecule has 3 rings (SSSR count). The number of amides is 2. The van der Waals surface area contributed by atoms with Crippen LogP contribution in [-0.2, 0) is 9.59 Å². The van der Waals surface area contributed by atoms with Crippen LogP contribution < -0.4 is 20.1 Å². The Morgan fingerprint density at radius 2 is 2.00 bits per heavy atom. The molecule has 0 radical (unpaired) electrons. The third-order valence-corrected chi connectivity index (χ3v) is 3.04. The van der Waals surface area contributed by atoms with E-state index in [4.69, 9.17) is 9.47 Å². The molecule has 1 aliphatic rings. The molecule has 0 fully saturated rings. The minimum atomic E-state index is -0.322. The summed E-state index contributed by atoms with van der Waals surface area (Å²) in [5.74, 6) is 0.567. The standard InChI is InChI=1S/C16H14N2O4/c19-14(9-21-11-5-2-1-3-6-11)17-12-7-4-8-13-16(12)18-15(20)10-22-13/h1-8H,9-10H2,(H,17,19)(H,18,20). The topological polar surface area (TPSA) is 76.7 Å². The fourth-order valence-corrected chi connectivity index (χ4v) is 2.06. The molecule has 112 valence electrons. The quantitative estimate of drug-likeness (QED) is 0.905. The summed E-state index contributed by atoms with van der Waals surface area (Å²) in [6, 6.07) is 14.2. The first-order valence-electron chi connectivity index (χ1n) is 6.76. The lowest BCUT2D eigenvalue weighted by atomic mass is 10.2. The van der Waals surface area contributed by atoms with Crippen molar-refractivity contribution in [2.75, 3.05) is 23.8 Å². The lowest BCUT2D eigenvalue weighted by Crippen LogP contribution is -2.27. The van der Waals surface area contributed by atoms with Crippen molar-refractivity contribution in [1.29, 1.82) is 0 Å². The molecule has 2 amide bonds. The molecule has 6 heteroatoms. The molecule has 0 saturated carbocycles. The summed E-state index contributed by atoms with van der Waals surface area (Å²) in [7, 11) is 0. The first-order chi connectivity index (χ1) is 10.7. The third-order valence-electron chi connectivity index (χ3n) is 3.04. The van der Waals surface area contributed by atoms with E-state index in [0.29, 0.717) is 22.9 Å². The number of carbonyl (C=O) groups is 2. The monoisotopic (exact) mass is 298 g/mol. The van der Waals surface area contributed by atoms with Gasteiger partial charge in [-0.3, -0.25) is 9.59 Å². The van der Waals surface area contributed by atoms with Gasteiger partial charge in [0.05, 0.1) is 5.69 Å². The molecule has 2 aromatic rings. The van der Waals surface area contributed by atoms with Crippen LogP contribution in [-0.4, -0.2) is 25.0 Å². The van der Waals surface area contributed by atoms with Gasteiger partial charge in [-0.1, -0.05) is 24.3 Å². The van der Waals surface area contributed by atoms with E-state index in [2.05, 4.69) is 10.6 Å².